The van der Waals surface area contributed by atoms with Crippen molar-refractivity contribution in [2.45, 2.75) is 0 Å². The maximum atomic E-state index is 13.2. The van der Waals surface area contributed by atoms with Crippen LogP contribution in [0.15, 0.2) is 55.0 Å². The van der Waals surface area contributed by atoms with Gasteiger partial charge in [0.1, 0.15) is 5.82 Å². The lowest BCUT2D eigenvalue weighted by Crippen LogP contribution is -1.87. The molecule has 0 aliphatic rings. The third-order valence-corrected chi connectivity index (χ3v) is 2.68. The van der Waals surface area contributed by atoms with E-state index in [4.69, 9.17) is 0 Å². The Balaban J connectivity index is 2.30. The molecule has 0 fully saturated rings. The Hall–Kier alpha value is -2.29. The fourth-order valence-corrected chi connectivity index (χ4v) is 1.89. The second-order valence-corrected chi connectivity index (χ2v) is 3.76. The van der Waals surface area contributed by atoms with Gasteiger partial charge in [-0.05, 0) is 17.5 Å². The molecule has 17 heavy (non-hydrogen) atoms. The summed E-state index contributed by atoms with van der Waals surface area (Å²) in [6.45, 7) is 0. The summed E-state index contributed by atoms with van der Waals surface area (Å²) in [6, 6.07) is 10.6. The van der Waals surface area contributed by atoms with Gasteiger partial charge in [-0.2, -0.15) is 0 Å². The van der Waals surface area contributed by atoms with Crippen molar-refractivity contribution in [3.05, 3.63) is 60.8 Å². The van der Waals surface area contributed by atoms with E-state index in [1.807, 2.05) is 24.3 Å². The molecule has 0 bridgehead atoms. The van der Waals surface area contributed by atoms with E-state index in [1.165, 1.54) is 18.3 Å². The van der Waals surface area contributed by atoms with Gasteiger partial charge in [-0.1, -0.05) is 18.2 Å². The zero-order valence-corrected chi connectivity index (χ0v) is 8.97. The molecular weight excluding hydrogens is 215 g/mol. The molecule has 0 saturated carbocycles. The first-order valence-electron chi connectivity index (χ1n) is 5.29. The van der Waals surface area contributed by atoms with Crippen molar-refractivity contribution in [3.8, 4) is 11.3 Å². The van der Waals surface area contributed by atoms with Gasteiger partial charge in [0.15, 0.2) is 0 Å². The molecule has 3 heteroatoms. The Labute approximate surface area is 97.8 Å². The van der Waals surface area contributed by atoms with Crippen molar-refractivity contribution in [3.63, 3.8) is 0 Å². The van der Waals surface area contributed by atoms with E-state index in [0.717, 1.165) is 16.3 Å². The highest BCUT2D eigenvalue weighted by Crippen LogP contribution is 2.26. The van der Waals surface area contributed by atoms with Crippen LogP contribution in [-0.4, -0.2) is 9.97 Å². The highest BCUT2D eigenvalue weighted by molar-refractivity contribution is 5.95. The lowest BCUT2D eigenvalue weighted by molar-refractivity contribution is 0.626. The lowest BCUT2D eigenvalue weighted by atomic mass is 10.0. The van der Waals surface area contributed by atoms with E-state index in [9.17, 15) is 4.39 Å². The topological polar surface area (TPSA) is 25.8 Å². The zero-order valence-electron chi connectivity index (χ0n) is 8.97. The largest absolute Gasteiger partial charge is 0.264 e. The SMILES string of the molecule is Fc1ccnc(-c2cccc3ccncc23)c1. The van der Waals surface area contributed by atoms with Crippen molar-refractivity contribution < 1.29 is 4.39 Å². The number of aromatic nitrogens is 2. The maximum absolute atomic E-state index is 13.2. The number of halogens is 1. The third kappa shape index (κ3) is 1.76. The summed E-state index contributed by atoms with van der Waals surface area (Å²) >= 11 is 0. The van der Waals surface area contributed by atoms with Crippen LogP contribution in [0.5, 0.6) is 0 Å². The summed E-state index contributed by atoms with van der Waals surface area (Å²) in [5.74, 6) is -0.282. The number of hydrogen-bond donors (Lipinski definition) is 0. The van der Waals surface area contributed by atoms with Gasteiger partial charge >= 0.3 is 0 Å². The van der Waals surface area contributed by atoms with E-state index in [2.05, 4.69) is 9.97 Å². The van der Waals surface area contributed by atoms with Crippen LogP contribution >= 0.6 is 0 Å². The molecule has 0 aliphatic heterocycles. The Morgan fingerprint density at radius 2 is 1.94 bits per heavy atom. The van der Waals surface area contributed by atoms with Gasteiger partial charge in [0, 0.05) is 35.6 Å². The first-order valence-corrected chi connectivity index (χ1v) is 5.29. The summed E-state index contributed by atoms with van der Waals surface area (Å²) in [5, 5.41) is 2.05. The fraction of sp³-hybridized carbons (Fsp3) is 0. The molecule has 2 aromatic heterocycles. The molecule has 0 saturated heterocycles. The smallest absolute Gasteiger partial charge is 0.126 e. The van der Waals surface area contributed by atoms with Crippen LogP contribution in [0.3, 0.4) is 0 Å². The highest BCUT2D eigenvalue weighted by Gasteiger charge is 2.05. The van der Waals surface area contributed by atoms with E-state index in [-0.39, 0.29) is 5.82 Å². The van der Waals surface area contributed by atoms with Crippen molar-refractivity contribution in [1.82, 2.24) is 9.97 Å². The molecule has 3 aromatic rings. The molecule has 0 N–H and O–H groups in total. The molecule has 0 atom stereocenters. The standard InChI is InChI=1S/C14H9FN2/c15-11-5-7-17-14(8-11)12-3-1-2-10-4-6-16-9-13(10)12/h1-9H. The van der Waals surface area contributed by atoms with E-state index >= 15 is 0 Å². The van der Waals surface area contributed by atoms with E-state index in [1.54, 1.807) is 12.4 Å². The summed E-state index contributed by atoms with van der Waals surface area (Å²) in [7, 11) is 0. The van der Waals surface area contributed by atoms with Gasteiger partial charge in [-0.3, -0.25) is 9.97 Å². The van der Waals surface area contributed by atoms with E-state index < -0.39 is 0 Å². The minimum atomic E-state index is -0.282. The Morgan fingerprint density at radius 1 is 1.00 bits per heavy atom. The molecule has 2 nitrogen and oxygen atoms in total. The predicted octanol–water partition coefficient (Wildman–Crippen LogP) is 3.44. The van der Waals surface area contributed by atoms with Crippen molar-refractivity contribution in [1.29, 1.82) is 0 Å². The van der Waals surface area contributed by atoms with E-state index in [0.29, 0.717) is 5.69 Å². The second-order valence-electron chi connectivity index (χ2n) is 3.76. The molecule has 0 amide bonds. The molecule has 0 spiro atoms. The second kappa shape index (κ2) is 3.94. The number of nitrogens with zero attached hydrogens (tertiary/aromatic N) is 2. The fourth-order valence-electron chi connectivity index (χ4n) is 1.89. The van der Waals surface area contributed by atoms with Gasteiger partial charge in [0.05, 0.1) is 5.69 Å². The summed E-state index contributed by atoms with van der Waals surface area (Å²) < 4.78 is 13.2. The molecule has 0 unspecified atom stereocenters. The van der Waals surface area contributed by atoms with Crippen LogP contribution in [0.1, 0.15) is 0 Å². The minimum Gasteiger partial charge on any atom is -0.264 e. The van der Waals surface area contributed by atoms with Crippen molar-refractivity contribution in [2.24, 2.45) is 0 Å². The molecule has 3 rings (SSSR count). The number of rotatable bonds is 1. The average molecular weight is 224 g/mol. The maximum Gasteiger partial charge on any atom is 0.126 e. The van der Waals surface area contributed by atoms with Gasteiger partial charge in [-0.25, -0.2) is 4.39 Å². The highest BCUT2D eigenvalue weighted by atomic mass is 19.1. The van der Waals surface area contributed by atoms with Crippen LogP contribution < -0.4 is 0 Å². The zero-order chi connectivity index (χ0) is 11.7. The third-order valence-electron chi connectivity index (χ3n) is 2.68. The van der Waals surface area contributed by atoms with Crippen LogP contribution in [-0.2, 0) is 0 Å². The summed E-state index contributed by atoms with van der Waals surface area (Å²) in [4.78, 5) is 8.29. The van der Waals surface area contributed by atoms with Crippen LogP contribution in [0.25, 0.3) is 22.0 Å². The molecule has 2 heterocycles. The number of pyridine rings is 2. The number of hydrogen-bond acceptors (Lipinski definition) is 2. The first-order chi connectivity index (χ1) is 8.34. The van der Waals surface area contributed by atoms with Crippen molar-refractivity contribution >= 4 is 10.8 Å². The van der Waals surface area contributed by atoms with Gasteiger partial charge in [0.2, 0.25) is 0 Å². The predicted molar refractivity (Wildman–Crippen MR) is 64.9 cm³/mol. The Kier molecular flexibility index (Phi) is 2.29. The van der Waals surface area contributed by atoms with Crippen molar-refractivity contribution in [2.75, 3.05) is 0 Å². The van der Waals surface area contributed by atoms with Gasteiger partial charge in [-0.15, -0.1) is 0 Å². The molecule has 1 aromatic carbocycles. The van der Waals surface area contributed by atoms with Crippen LogP contribution in [0.2, 0.25) is 0 Å². The number of fused-ring (bicyclic) bond motifs is 1. The Morgan fingerprint density at radius 3 is 2.82 bits per heavy atom. The monoisotopic (exact) mass is 224 g/mol. The average Bonchev–Trinajstić information content (AvgIpc) is 2.38. The lowest BCUT2D eigenvalue weighted by Gasteiger charge is -2.05. The molecule has 0 aliphatic carbocycles. The molecular formula is C14H9FN2. The van der Waals surface area contributed by atoms with Crippen LogP contribution in [0, 0.1) is 5.82 Å². The molecule has 82 valence electrons. The minimum absolute atomic E-state index is 0.282. The number of benzene rings is 1. The summed E-state index contributed by atoms with van der Waals surface area (Å²) in [6.07, 6.45) is 4.99. The quantitative estimate of drug-likeness (QED) is 0.632. The van der Waals surface area contributed by atoms with Gasteiger partial charge < -0.3 is 0 Å². The molecule has 0 radical (unpaired) electrons. The summed E-state index contributed by atoms with van der Waals surface area (Å²) in [5.41, 5.74) is 1.53. The normalized spacial score (nSPS) is 10.6. The van der Waals surface area contributed by atoms with Gasteiger partial charge in [0.25, 0.3) is 0 Å². The Bertz CT molecular complexity index is 674. The first kappa shape index (κ1) is 9.90. The van der Waals surface area contributed by atoms with Crippen LogP contribution in [0.4, 0.5) is 4.39 Å².